The van der Waals surface area contributed by atoms with Gasteiger partial charge < -0.3 is 5.32 Å². The van der Waals surface area contributed by atoms with E-state index in [0.29, 0.717) is 29.5 Å². The molecule has 1 heterocycles. The van der Waals surface area contributed by atoms with Gasteiger partial charge in [0.2, 0.25) is 0 Å². The molecule has 0 radical (unpaired) electrons. The van der Waals surface area contributed by atoms with Crippen molar-refractivity contribution in [2.24, 2.45) is 0 Å². The van der Waals surface area contributed by atoms with Gasteiger partial charge in [-0.3, -0.25) is 4.79 Å². The molecule has 25 heavy (non-hydrogen) atoms. The lowest BCUT2D eigenvalue weighted by Crippen LogP contribution is -2.25. The molecule has 0 aliphatic heterocycles. The Balaban J connectivity index is 1.64. The molecule has 1 aromatic heterocycles. The minimum atomic E-state index is -0.119. The van der Waals surface area contributed by atoms with Crippen molar-refractivity contribution in [2.75, 3.05) is 6.54 Å². The van der Waals surface area contributed by atoms with Crippen LogP contribution in [-0.2, 0) is 13.0 Å². The van der Waals surface area contributed by atoms with E-state index in [0.717, 1.165) is 17.5 Å². The number of carbonyl (C=O) groups excluding carboxylic acids is 1. The van der Waals surface area contributed by atoms with Crippen molar-refractivity contribution in [3.8, 4) is 11.4 Å². The zero-order valence-corrected chi connectivity index (χ0v) is 14.6. The Morgan fingerprint density at radius 2 is 2.00 bits per heavy atom. The third-order valence-corrected chi connectivity index (χ3v) is 4.08. The number of amides is 1. The molecule has 2 aromatic carbocycles. The Morgan fingerprint density at radius 3 is 2.76 bits per heavy atom. The van der Waals surface area contributed by atoms with E-state index in [1.165, 1.54) is 0 Å². The summed E-state index contributed by atoms with van der Waals surface area (Å²) < 4.78 is 1.69. The number of rotatable bonds is 6. The number of tetrazole rings is 1. The molecular formula is C18H18ClN5O. The van der Waals surface area contributed by atoms with Crippen LogP contribution in [-0.4, -0.2) is 32.7 Å². The molecule has 0 unspecified atom stereocenters. The summed E-state index contributed by atoms with van der Waals surface area (Å²) in [6.45, 7) is 3.18. The van der Waals surface area contributed by atoms with Crippen LogP contribution in [0.15, 0.2) is 48.5 Å². The van der Waals surface area contributed by atoms with Gasteiger partial charge in [-0.2, -0.15) is 0 Å². The summed E-state index contributed by atoms with van der Waals surface area (Å²) in [5, 5.41) is 15.3. The van der Waals surface area contributed by atoms with Gasteiger partial charge in [0, 0.05) is 29.2 Å². The summed E-state index contributed by atoms with van der Waals surface area (Å²) in [5.41, 5.74) is 2.53. The first kappa shape index (κ1) is 17.1. The van der Waals surface area contributed by atoms with Gasteiger partial charge >= 0.3 is 0 Å². The zero-order chi connectivity index (χ0) is 17.6. The number of aryl methyl sites for hydroxylation is 1. The van der Waals surface area contributed by atoms with Crippen molar-refractivity contribution in [1.29, 1.82) is 0 Å². The molecule has 0 fully saturated rings. The van der Waals surface area contributed by atoms with E-state index in [-0.39, 0.29) is 5.91 Å². The molecule has 0 atom stereocenters. The molecule has 1 N–H and O–H groups in total. The van der Waals surface area contributed by atoms with Crippen LogP contribution in [0.2, 0.25) is 5.02 Å². The van der Waals surface area contributed by atoms with Crippen LogP contribution in [0.25, 0.3) is 11.4 Å². The predicted octanol–water partition coefficient (Wildman–Crippen LogP) is 2.99. The number of benzene rings is 2. The molecular weight excluding hydrogens is 338 g/mol. The number of hydrogen-bond donors (Lipinski definition) is 1. The third-order valence-electron chi connectivity index (χ3n) is 3.83. The van der Waals surface area contributed by atoms with Crippen LogP contribution in [0.5, 0.6) is 0 Å². The number of nitrogens with one attached hydrogen (secondary N) is 1. The fourth-order valence-corrected chi connectivity index (χ4v) is 2.62. The van der Waals surface area contributed by atoms with E-state index in [9.17, 15) is 4.79 Å². The fraction of sp³-hybridized carbons (Fsp3) is 0.222. The Hall–Kier alpha value is -2.73. The van der Waals surface area contributed by atoms with Crippen LogP contribution in [0.1, 0.15) is 22.8 Å². The smallest absolute Gasteiger partial charge is 0.251 e. The molecule has 3 aromatic rings. The third kappa shape index (κ3) is 4.22. The first-order valence-corrected chi connectivity index (χ1v) is 8.44. The number of hydrogen-bond acceptors (Lipinski definition) is 4. The van der Waals surface area contributed by atoms with Crippen molar-refractivity contribution in [1.82, 2.24) is 25.5 Å². The number of aromatic nitrogens is 4. The van der Waals surface area contributed by atoms with Gasteiger partial charge in [0.05, 0.1) is 0 Å². The molecule has 3 rings (SSSR count). The zero-order valence-electron chi connectivity index (χ0n) is 13.8. The Morgan fingerprint density at radius 1 is 1.20 bits per heavy atom. The van der Waals surface area contributed by atoms with Crippen LogP contribution in [0, 0.1) is 0 Å². The Labute approximate surface area is 150 Å². The average Bonchev–Trinajstić information content (AvgIpc) is 3.12. The largest absolute Gasteiger partial charge is 0.352 e. The van der Waals surface area contributed by atoms with E-state index in [1.807, 2.05) is 43.3 Å². The second kappa shape index (κ2) is 7.90. The predicted molar refractivity (Wildman–Crippen MR) is 96.4 cm³/mol. The molecule has 6 nitrogen and oxygen atoms in total. The van der Waals surface area contributed by atoms with Crippen molar-refractivity contribution >= 4 is 17.5 Å². The summed E-state index contributed by atoms with van der Waals surface area (Å²) in [5.74, 6) is 0.532. The summed E-state index contributed by atoms with van der Waals surface area (Å²) in [7, 11) is 0. The highest BCUT2D eigenvalue weighted by Crippen LogP contribution is 2.17. The highest BCUT2D eigenvalue weighted by Gasteiger charge is 2.11. The van der Waals surface area contributed by atoms with Gasteiger partial charge in [0.1, 0.15) is 0 Å². The van der Waals surface area contributed by atoms with Gasteiger partial charge in [-0.1, -0.05) is 35.9 Å². The van der Waals surface area contributed by atoms with E-state index in [4.69, 9.17) is 11.6 Å². The van der Waals surface area contributed by atoms with E-state index >= 15 is 0 Å². The molecule has 128 valence electrons. The maximum Gasteiger partial charge on any atom is 0.251 e. The highest BCUT2D eigenvalue weighted by atomic mass is 35.5. The van der Waals surface area contributed by atoms with Crippen LogP contribution >= 0.6 is 11.6 Å². The Bertz CT molecular complexity index is 860. The summed E-state index contributed by atoms with van der Waals surface area (Å²) >= 11 is 5.87. The van der Waals surface area contributed by atoms with Crippen LogP contribution in [0.4, 0.5) is 0 Å². The molecule has 0 aliphatic rings. The van der Waals surface area contributed by atoms with Crippen molar-refractivity contribution < 1.29 is 4.79 Å². The van der Waals surface area contributed by atoms with E-state index < -0.39 is 0 Å². The Kier molecular flexibility index (Phi) is 5.40. The molecule has 0 bridgehead atoms. The lowest BCUT2D eigenvalue weighted by Gasteiger charge is -2.07. The first-order valence-electron chi connectivity index (χ1n) is 8.06. The van der Waals surface area contributed by atoms with Crippen molar-refractivity contribution in [3.63, 3.8) is 0 Å². The number of halogens is 1. The SMILES string of the molecule is CCn1nnnc1-c1cccc(C(=O)NCCc2ccc(Cl)cc2)c1. The van der Waals surface area contributed by atoms with Crippen LogP contribution < -0.4 is 5.32 Å². The molecule has 0 aliphatic carbocycles. The lowest BCUT2D eigenvalue weighted by atomic mass is 10.1. The summed E-state index contributed by atoms with van der Waals surface area (Å²) in [6.07, 6.45) is 0.747. The lowest BCUT2D eigenvalue weighted by molar-refractivity contribution is 0.0954. The molecule has 0 spiro atoms. The molecule has 0 saturated heterocycles. The second-order valence-electron chi connectivity index (χ2n) is 5.53. The maximum atomic E-state index is 12.4. The topological polar surface area (TPSA) is 72.7 Å². The average molecular weight is 356 g/mol. The number of nitrogens with zero attached hydrogens (tertiary/aromatic N) is 4. The van der Waals surface area contributed by atoms with Gasteiger partial charge in [-0.15, -0.1) is 5.10 Å². The van der Waals surface area contributed by atoms with Crippen LogP contribution in [0.3, 0.4) is 0 Å². The summed E-state index contributed by atoms with van der Waals surface area (Å²) in [6, 6.07) is 14.9. The summed E-state index contributed by atoms with van der Waals surface area (Å²) in [4.78, 5) is 12.4. The van der Waals surface area contributed by atoms with Crippen molar-refractivity contribution in [3.05, 3.63) is 64.7 Å². The number of carbonyl (C=O) groups is 1. The van der Waals surface area contributed by atoms with E-state index in [2.05, 4.69) is 20.8 Å². The minimum Gasteiger partial charge on any atom is -0.352 e. The maximum absolute atomic E-state index is 12.4. The standard InChI is InChI=1S/C18H18ClN5O/c1-2-24-17(21-22-23-24)14-4-3-5-15(12-14)18(25)20-11-10-13-6-8-16(19)9-7-13/h3-9,12H,2,10-11H2,1H3,(H,20,25). The normalized spacial score (nSPS) is 10.6. The second-order valence-corrected chi connectivity index (χ2v) is 5.97. The fourth-order valence-electron chi connectivity index (χ4n) is 2.50. The van der Waals surface area contributed by atoms with Gasteiger partial charge in [0.25, 0.3) is 5.91 Å². The van der Waals surface area contributed by atoms with Crippen molar-refractivity contribution in [2.45, 2.75) is 19.9 Å². The quantitative estimate of drug-likeness (QED) is 0.737. The highest BCUT2D eigenvalue weighted by molar-refractivity contribution is 6.30. The monoisotopic (exact) mass is 355 g/mol. The molecule has 7 heteroatoms. The molecule has 0 saturated carbocycles. The van der Waals surface area contributed by atoms with E-state index in [1.54, 1.807) is 16.8 Å². The van der Waals surface area contributed by atoms with Gasteiger partial charge in [-0.05, 0) is 53.6 Å². The van der Waals surface area contributed by atoms with Gasteiger partial charge in [0.15, 0.2) is 5.82 Å². The minimum absolute atomic E-state index is 0.119. The molecule has 1 amide bonds. The van der Waals surface area contributed by atoms with Gasteiger partial charge in [-0.25, -0.2) is 4.68 Å². The first-order chi connectivity index (χ1) is 12.2.